The molecule has 3 heteroatoms. The molecule has 1 aliphatic carbocycles. The van der Waals surface area contributed by atoms with Crippen LogP contribution in [0.25, 0.3) is 133 Å². The van der Waals surface area contributed by atoms with Gasteiger partial charge in [0.15, 0.2) is 5.78 Å². The summed E-state index contributed by atoms with van der Waals surface area (Å²) in [5.41, 5.74) is 38.3. The first-order valence-electron chi connectivity index (χ1n) is 29.9. The number of carbonyl (C=O) groups is 1. The number of nitrogens with two attached hydrogens (primary N) is 2. The first-order valence-corrected chi connectivity index (χ1v) is 29.9. The molecule has 1 aliphatic rings. The number of hydrogen-bond donors (Lipinski definition) is 2. The van der Waals surface area contributed by atoms with Crippen molar-refractivity contribution in [3.05, 3.63) is 350 Å². The Labute approximate surface area is 513 Å². The number of allylic oxidation sites excluding steroid dienone is 4. The van der Waals surface area contributed by atoms with Crippen LogP contribution < -0.4 is 11.5 Å². The van der Waals surface area contributed by atoms with E-state index in [9.17, 15) is 0 Å². The molecule has 414 valence electrons. The predicted octanol–water partition coefficient (Wildman–Crippen LogP) is 21.6. The lowest BCUT2D eigenvalue weighted by atomic mass is 9.87. The van der Waals surface area contributed by atoms with Gasteiger partial charge in [-0.1, -0.05) is 279 Å². The number of Topliss-reactive ketones (excluding diaryl/α,β-unsaturated/α-hetero) is 1. The Kier molecular flexibility index (Phi) is 13.7. The van der Waals surface area contributed by atoms with Gasteiger partial charge in [-0.05, 0) is 181 Å². The summed E-state index contributed by atoms with van der Waals surface area (Å²) in [7, 11) is 0. The first-order chi connectivity index (χ1) is 43.3. The van der Waals surface area contributed by atoms with Gasteiger partial charge in [-0.2, -0.15) is 0 Å². The first kappa shape index (κ1) is 53.1. The van der Waals surface area contributed by atoms with Crippen LogP contribution in [0.3, 0.4) is 0 Å². The minimum Gasteiger partial charge on any atom is -0.399 e. The standard InChI is InChI=1S/C85H58N2O/c86-79-47-43-65(44-48-79)73-37-41-75-51-71(35-39-77(75)53-73)63-23-27-67(28-24-63)81-82(68-29-25-64(26-30-68)72-36-40-78-54-74(38-42-76(78)52-72)66-45-49-80(87)50-46-66)84(70-33-21-62(22-34-70)60-17-13-58(14-18-60)56-9-5-2-6-10-56)85(88)83(81)69-31-19-61(20-32-69)59-15-11-57(12-16-59)55-7-3-1-4-8-55/h1-54H,86-87H2. The van der Waals surface area contributed by atoms with E-state index >= 15 is 4.79 Å². The lowest BCUT2D eigenvalue weighted by molar-refractivity contribution is -0.108. The van der Waals surface area contributed by atoms with Gasteiger partial charge in [0.1, 0.15) is 0 Å². The van der Waals surface area contributed by atoms with Crippen molar-refractivity contribution in [1.29, 1.82) is 0 Å². The highest BCUT2D eigenvalue weighted by atomic mass is 16.1. The van der Waals surface area contributed by atoms with E-state index in [-0.39, 0.29) is 5.78 Å². The van der Waals surface area contributed by atoms with Crippen LogP contribution in [0.5, 0.6) is 0 Å². The maximum Gasteiger partial charge on any atom is 0.195 e. The quantitative estimate of drug-likeness (QED) is 0.120. The second-order valence-electron chi connectivity index (χ2n) is 22.8. The molecule has 0 spiro atoms. The van der Waals surface area contributed by atoms with Gasteiger partial charge < -0.3 is 11.5 Å². The predicted molar refractivity (Wildman–Crippen MR) is 372 cm³/mol. The molecule has 0 heterocycles. The molecule has 0 aromatic heterocycles. The normalized spacial score (nSPS) is 12.3. The minimum atomic E-state index is -0.0150. The summed E-state index contributed by atoms with van der Waals surface area (Å²) < 4.78 is 0. The molecule has 0 aliphatic heterocycles. The van der Waals surface area contributed by atoms with E-state index < -0.39 is 0 Å². The van der Waals surface area contributed by atoms with Crippen molar-refractivity contribution in [2.45, 2.75) is 0 Å². The number of carbonyl (C=O) groups excluding carboxylic acids is 1. The van der Waals surface area contributed by atoms with E-state index in [0.717, 1.165) is 144 Å². The molecule has 88 heavy (non-hydrogen) atoms. The molecule has 0 fully saturated rings. The van der Waals surface area contributed by atoms with Crippen LogP contribution in [0.1, 0.15) is 22.3 Å². The van der Waals surface area contributed by atoms with Crippen LogP contribution in [-0.2, 0) is 4.79 Å². The topological polar surface area (TPSA) is 69.1 Å². The van der Waals surface area contributed by atoms with Gasteiger partial charge in [0.05, 0.1) is 0 Å². The van der Waals surface area contributed by atoms with Crippen LogP contribution in [0.4, 0.5) is 11.4 Å². The molecular formula is C85H58N2O. The summed E-state index contributed by atoms with van der Waals surface area (Å²) in [5, 5.41) is 4.64. The van der Waals surface area contributed by atoms with Gasteiger partial charge >= 0.3 is 0 Å². The smallest absolute Gasteiger partial charge is 0.195 e. The molecule has 3 nitrogen and oxygen atoms in total. The third-order valence-electron chi connectivity index (χ3n) is 17.4. The number of fused-ring (bicyclic) bond motifs is 2. The van der Waals surface area contributed by atoms with Gasteiger partial charge in [0.2, 0.25) is 0 Å². The second kappa shape index (κ2) is 22.7. The van der Waals surface area contributed by atoms with Crippen LogP contribution in [0.2, 0.25) is 0 Å². The fourth-order valence-corrected chi connectivity index (χ4v) is 12.6. The Morgan fingerprint density at radius 1 is 0.159 bits per heavy atom. The fourth-order valence-electron chi connectivity index (χ4n) is 12.6. The summed E-state index contributed by atoms with van der Waals surface area (Å²) in [5.74, 6) is -0.0150. The minimum absolute atomic E-state index is 0.0150. The van der Waals surface area contributed by atoms with Gasteiger partial charge in [-0.3, -0.25) is 4.79 Å². The van der Waals surface area contributed by atoms with Crippen molar-refractivity contribution >= 4 is 61.0 Å². The van der Waals surface area contributed by atoms with Gasteiger partial charge in [0.25, 0.3) is 0 Å². The van der Waals surface area contributed by atoms with Crippen LogP contribution in [0.15, 0.2) is 328 Å². The highest BCUT2D eigenvalue weighted by Gasteiger charge is 2.36. The maximum absolute atomic E-state index is 16.1. The Bertz CT molecular complexity index is 4670. The van der Waals surface area contributed by atoms with Crippen molar-refractivity contribution in [1.82, 2.24) is 0 Å². The molecule has 0 radical (unpaired) electrons. The highest BCUT2D eigenvalue weighted by molar-refractivity contribution is 6.59. The fraction of sp³-hybridized carbons (Fsp3) is 0. The molecule has 14 aromatic rings. The lowest BCUT2D eigenvalue weighted by Crippen LogP contribution is -2.02. The van der Waals surface area contributed by atoms with Crippen molar-refractivity contribution in [2.75, 3.05) is 11.5 Å². The number of hydrogen-bond acceptors (Lipinski definition) is 3. The molecule has 0 amide bonds. The van der Waals surface area contributed by atoms with Crippen molar-refractivity contribution in [2.24, 2.45) is 0 Å². The zero-order valence-electron chi connectivity index (χ0n) is 48.2. The van der Waals surface area contributed by atoms with Gasteiger partial charge in [-0.15, -0.1) is 0 Å². The van der Waals surface area contributed by atoms with Crippen molar-refractivity contribution in [3.8, 4) is 89.0 Å². The number of rotatable bonds is 12. The van der Waals surface area contributed by atoms with E-state index in [1.165, 1.54) is 11.1 Å². The number of anilines is 2. The molecule has 0 unspecified atom stereocenters. The van der Waals surface area contributed by atoms with E-state index in [2.05, 4.69) is 291 Å². The number of nitrogen functional groups attached to an aromatic ring is 2. The summed E-state index contributed by atoms with van der Waals surface area (Å²) in [4.78, 5) is 16.1. The SMILES string of the molecule is Nc1ccc(-c2ccc3cc(-c4ccc(C5=C(c6ccc(-c7ccc(-c8ccccc8)cc7)cc6)C(=O)C(c6ccc(-c7ccc(-c8ccccc8)cc7)cc6)=C5c5ccc(-c6ccc7cc(-c8ccc(N)cc8)ccc7c6)cc5)cc4)ccc3c2)cc1. The molecule has 0 atom stereocenters. The molecule has 15 rings (SSSR count). The number of ketones is 1. The van der Waals surface area contributed by atoms with Crippen LogP contribution in [-0.4, -0.2) is 5.78 Å². The average molecular weight is 1120 g/mol. The third-order valence-corrected chi connectivity index (χ3v) is 17.4. The summed E-state index contributed by atoms with van der Waals surface area (Å²) in [6, 6.07) is 116. The molecule has 14 aromatic carbocycles. The van der Waals surface area contributed by atoms with E-state index in [4.69, 9.17) is 11.5 Å². The molecule has 4 N–H and O–H groups in total. The largest absolute Gasteiger partial charge is 0.399 e. The van der Waals surface area contributed by atoms with Crippen LogP contribution in [0, 0.1) is 0 Å². The Morgan fingerprint density at radius 3 is 0.568 bits per heavy atom. The number of benzene rings is 14. The van der Waals surface area contributed by atoms with Gasteiger partial charge in [-0.25, -0.2) is 0 Å². The average Bonchev–Trinajstić information content (AvgIpc) is 1.66. The zero-order valence-corrected chi connectivity index (χ0v) is 48.2. The Hall–Kier alpha value is -11.7. The van der Waals surface area contributed by atoms with Crippen molar-refractivity contribution < 1.29 is 4.79 Å². The molecule has 0 saturated heterocycles. The zero-order chi connectivity index (χ0) is 59.1. The second-order valence-corrected chi connectivity index (χ2v) is 22.8. The highest BCUT2D eigenvalue weighted by Crippen LogP contribution is 2.51. The Morgan fingerprint density at radius 2 is 0.330 bits per heavy atom. The molecule has 0 saturated carbocycles. The van der Waals surface area contributed by atoms with E-state index in [1.807, 2.05) is 36.4 Å². The molecular weight excluding hydrogens is 1060 g/mol. The van der Waals surface area contributed by atoms with Crippen LogP contribution >= 0.6 is 0 Å². The summed E-state index contributed by atoms with van der Waals surface area (Å²) >= 11 is 0. The maximum atomic E-state index is 16.1. The van der Waals surface area contributed by atoms with E-state index in [1.54, 1.807) is 0 Å². The van der Waals surface area contributed by atoms with E-state index in [0.29, 0.717) is 11.1 Å². The monoisotopic (exact) mass is 1120 g/mol. The summed E-state index contributed by atoms with van der Waals surface area (Å²) in [6.07, 6.45) is 0. The summed E-state index contributed by atoms with van der Waals surface area (Å²) in [6.45, 7) is 0. The van der Waals surface area contributed by atoms with Gasteiger partial charge in [0, 0.05) is 33.7 Å². The lowest BCUT2D eigenvalue weighted by Gasteiger charge is -2.16. The Balaban J connectivity index is 0.841. The van der Waals surface area contributed by atoms with Crippen molar-refractivity contribution in [3.63, 3.8) is 0 Å². The third kappa shape index (κ3) is 10.4. The molecule has 0 bridgehead atoms.